The molecule has 6 heteroatoms. The normalized spacial score (nSPS) is 12.1. The lowest BCUT2D eigenvalue weighted by molar-refractivity contribution is 0.0956. The first-order valence-electron chi connectivity index (χ1n) is 5.26. The molecule has 1 rings (SSSR count). The van der Waals surface area contributed by atoms with Crippen molar-refractivity contribution in [2.45, 2.75) is 6.92 Å². The van der Waals surface area contributed by atoms with Crippen LogP contribution in [0.2, 0.25) is 0 Å². The summed E-state index contributed by atoms with van der Waals surface area (Å²) < 4.78 is 11.1. The molecule has 1 aromatic carbocycles. The molecule has 0 saturated carbocycles. The van der Waals surface area contributed by atoms with Gasteiger partial charge in [0.15, 0.2) is 0 Å². The molecule has 0 bridgehead atoms. The predicted molar refractivity (Wildman–Crippen MR) is 68.4 cm³/mol. The number of benzene rings is 1. The molecule has 4 N–H and O–H groups in total. The maximum absolute atomic E-state index is 11.7. The smallest absolute Gasteiger partial charge is 0.253 e. The van der Waals surface area contributed by atoms with Gasteiger partial charge in [0.1, 0.15) is 5.75 Å². The zero-order valence-electron chi connectivity index (χ0n) is 9.60. The third-order valence-electron chi connectivity index (χ3n) is 2.22. The number of rotatable bonds is 5. The largest absolute Gasteiger partial charge is 0.508 e. The SMILES string of the molecule is CCS(=O)CCNC(=O)c1cc(O)ccc1N. The summed E-state index contributed by atoms with van der Waals surface area (Å²) in [6.07, 6.45) is 0. The van der Waals surface area contributed by atoms with Gasteiger partial charge < -0.3 is 16.2 Å². The molecule has 0 aliphatic heterocycles. The molecule has 1 unspecified atom stereocenters. The predicted octanol–water partition coefficient (Wildman–Crippen LogP) is 0.473. The fourth-order valence-corrected chi connectivity index (χ4v) is 1.88. The number of nitrogens with one attached hydrogen (secondary N) is 1. The summed E-state index contributed by atoms with van der Waals surface area (Å²) in [7, 11) is -0.905. The Kier molecular flexibility index (Phi) is 4.96. The van der Waals surface area contributed by atoms with E-state index in [2.05, 4.69) is 5.32 Å². The van der Waals surface area contributed by atoms with Crippen molar-refractivity contribution < 1.29 is 14.1 Å². The molecule has 0 aliphatic carbocycles. The molecule has 0 fully saturated rings. The molecule has 94 valence electrons. The van der Waals surface area contributed by atoms with Crippen LogP contribution in [-0.2, 0) is 10.8 Å². The van der Waals surface area contributed by atoms with Gasteiger partial charge in [0.25, 0.3) is 5.91 Å². The van der Waals surface area contributed by atoms with Crippen molar-refractivity contribution in [1.82, 2.24) is 5.32 Å². The van der Waals surface area contributed by atoms with E-state index in [9.17, 15) is 14.1 Å². The zero-order chi connectivity index (χ0) is 12.8. The minimum absolute atomic E-state index is 0.0125. The molecule has 0 heterocycles. The molecule has 0 aromatic heterocycles. The van der Waals surface area contributed by atoms with Gasteiger partial charge in [-0.25, -0.2) is 0 Å². The summed E-state index contributed by atoms with van der Waals surface area (Å²) >= 11 is 0. The van der Waals surface area contributed by atoms with Gasteiger partial charge in [0, 0.05) is 34.5 Å². The highest BCUT2D eigenvalue weighted by Crippen LogP contribution is 2.17. The second-order valence-corrected chi connectivity index (χ2v) is 5.33. The Morgan fingerprint density at radius 1 is 1.53 bits per heavy atom. The number of hydrogen-bond acceptors (Lipinski definition) is 4. The van der Waals surface area contributed by atoms with E-state index < -0.39 is 10.8 Å². The lowest BCUT2D eigenvalue weighted by Crippen LogP contribution is -2.28. The molecule has 0 aliphatic rings. The second-order valence-electron chi connectivity index (χ2n) is 3.46. The van der Waals surface area contributed by atoms with E-state index in [-0.39, 0.29) is 17.2 Å². The molecule has 0 spiro atoms. The molecule has 1 aromatic rings. The van der Waals surface area contributed by atoms with Gasteiger partial charge in [-0.2, -0.15) is 0 Å². The van der Waals surface area contributed by atoms with E-state index in [1.165, 1.54) is 18.2 Å². The minimum atomic E-state index is -0.905. The van der Waals surface area contributed by atoms with Gasteiger partial charge in [-0.1, -0.05) is 6.92 Å². The highest BCUT2D eigenvalue weighted by molar-refractivity contribution is 7.84. The fraction of sp³-hybridized carbons (Fsp3) is 0.364. The van der Waals surface area contributed by atoms with Gasteiger partial charge in [-0.3, -0.25) is 9.00 Å². The van der Waals surface area contributed by atoms with Gasteiger partial charge in [0.2, 0.25) is 0 Å². The van der Waals surface area contributed by atoms with Gasteiger partial charge in [-0.15, -0.1) is 0 Å². The van der Waals surface area contributed by atoms with Crippen LogP contribution in [0.25, 0.3) is 0 Å². The summed E-state index contributed by atoms with van der Waals surface area (Å²) in [6, 6.07) is 4.19. The number of anilines is 1. The fourth-order valence-electron chi connectivity index (χ4n) is 1.26. The average molecular weight is 256 g/mol. The maximum atomic E-state index is 11.7. The van der Waals surface area contributed by atoms with E-state index >= 15 is 0 Å². The average Bonchev–Trinajstić information content (AvgIpc) is 2.31. The molecule has 0 radical (unpaired) electrons. The van der Waals surface area contributed by atoms with Gasteiger partial charge in [0.05, 0.1) is 5.56 Å². The summed E-state index contributed by atoms with van der Waals surface area (Å²) in [4.78, 5) is 11.7. The third kappa shape index (κ3) is 4.07. The monoisotopic (exact) mass is 256 g/mol. The lowest BCUT2D eigenvalue weighted by Gasteiger charge is -2.07. The minimum Gasteiger partial charge on any atom is -0.508 e. The molecule has 17 heavy (non-hydrogen) atoms. The molecule has 1 amide bonds. The highest BCUT2D eigenvalue weighted by atomic mass is 32.2. The molecule has 5 nitrogen and oxygen atoms in total. The molecular weight excluding hydrogens is 240 g/mol. The van der Waals surface area contributed by atoms with Gasteiger partial charge in [-0.05, 0) is 18.2 Å². The van der Waals surface area contributed by atoms with Crippen LogP contribution < -0.4 is 11.1 Å². The van der Waals surface area contributed by atoms with Crippen LogP contribution in [0.5, 0.6) is 5.75 Å². The number of amides is 1. The summed E-state index contributed by atoms with van der Waals surface area (Å²) in [6.45, 7) is 2.15. The summed E-state index contributed by atoms with van der Waals surface area (Å²) in [5.41, 5.74) is 6.15. The number of carbonyl (C=O) groups excluding carboxylic acids is 1. The first kappa shape index (κ1) is 13.5. The lowest BCUT2D eigenvalue weighted by atomic mass is 10.1. The van der Waals surface area contributed by atoms with Crippen molar-refractivity contribution in [3.05, 3.63) is 23.8 Å². The van der Waals surface area contributed by atoms with Gasteiger partial charge >= 0.3 is 0 Å². The van der Waals surface area contributed by atoms with Crippen molar-refractivity contribution in [1.29, 1.82) is 0 Å². The standard InChI is InChI=1S/C11H16N2O3S/c1-2-17(16)6-5-13-11(15)9-7-8(14)3-4-10(9)12/h3-4,7,14H,2,5-6,12H2,1H3,(H,13,15). The van der Waals surface area contributed by atoms with Crippen molar-refractivity contribution >= 4 is 22.4 Å². The summed E-state index contributed by atoms with van der Waals surface area (Å²) in [5.74, 6) is 0.610. The van der Waals surface area contributed by atoms with E-state index in [4.69, 9.17) is 5.73 Å². The number of nitrogen functional groups attached to an aromatic ring is 1. The van der Waals surface area contributed by atoms with E-state index in [0.717, 1.165) is 0 Å². The highest BCUT2D eigenvalue weighted by Gasteiger charge is 2.10. The number of phenolic OH excluding ortho intramolecular Hbond substituents is 1. The Bertz CT molecular complexity index is 435. The van der Waals surface area contributed by atoms with Crippen LogP contribution in [0.4, 0.5) is 5.69 Å². The Labute approximate surface area is 102 Å². The van der Waals surface area contributed by atoms with E-state index in [1.807, 2.05) is 6.92 Å². The van der Waals surface area contributed by atoms with Crippen LogP contribution in [0.1, 0.15) is 17.3 Å². The molecule has 0 saturated heterocycles. The molecular formula is C11H16N2O3S. The maximum Gasteiger partial charge on any atom is 0.253 e. The van der Waals surface area contributed by atoms with Crippen LogP contribution in [-0.4, -0.2) is 33.3 Å². The quantitative estimate of drug-likeness (QED) is 0.527. The van der Waals surface area contributed by atoms with Crippen molar-refractivity contribution in [3.63, 3.8) is 0 Å². The Morgan fingerprint density at radius 2 is 2.24 bits per heavy atom. The third-order valence-corrected chi connectivity index (χ3v) is 3.52. The number of phenols is 1. The Hall–Kier alpha value is -1.56. The second kappa shape index (κ2) is 6.24. The molecule has 1 atom stereocenters. The van der Waals surface area contributed by atoms with Crippen LogP contribution in [0.3, 0.4) is 0 Å². The number of aromatic hydroxyl groups is 1. The van der Waals surface area contributed by atoms with E-state index in [0.29, 0.717) is 23.7 Å². The van der Waals surface area contributed by atoms with Crippen molar-refractivity contribution in [2.24, 2.45) is 0 Å². The van der Waals surface area contributed by atoms with Crippen LogP contribution in [0, 0.1) is 0 Å². The van der Waals surface area contributed by atoms with Crippen LogP contribution in [0.15, 0.2) is 18.2 Å². The zero-order valence-corrected chi connectivity index (χ0v) is 10.4. The Balaban J connectivity index is 2.58. The number of hydrogen-bond donors (Lipinski definition) is 3. The summed E-state index contributed by atoms with van der Waals surface area (Å²) in [5, 5.41) is 11.9. The first-order valence-corrected chi connectivity index (χ1v) is 6.75. The topological polar surface area (TPSA) is 92.4 Å². The number of carbonyl (C=O) groups is 1. The van der Waals surface area contributed by atoms with Crippen molar-refractivity contribution in [2.75, 3.05) is 23.8 Å². The van der Waals surface area contributed by atoms with Crippen LogP contribution >= 0.6 is 0 Å². The first-order chi connectivity index (χ1) is 8.04. The van der Waals surface area contributed by atoms with Crippen molar-refractivity contribution in [3.8, 4) is 5.75 Å². The Morgan fingerprint density at radius 3 is 2.88 bits per heavy atom. The van der Waals surface area contributed by atoms with E-state index in [1.54, 1.807) is 0 Å². The number of nitrogens with two attached hydrogens (primary N) is 1.